The van der Waals surface area contributed by atoms with Crippen molar-refractivity contribution in [3.63, 3.8) is 0 Å². The Hall–Kier alpha value is -1.94. The zero-order valence-electron chi connectivity index (χ0n) is 9.88. The summed E-state index contributed by atoms with van der Waals surface area (Å²) in [5, 5.41) is 2.28. The fourth-order valence-electron chi connectivity index (χ4n) is 1.57. The first-order valence-corrected chi connectivity index (χ1v) is 5.36. The summed E-state index contributed by atoms with van der Waals surface area (Å²) in [4.78, 5) is 20.9. The molecule has 88 valence electrons. The number of para-hydroxylation sites is 1. The number of nitrogens with zero attached hydrogens (tertiary/aromatic N) is 2. The van der Waals surface area contributed by atoms with Crippen LogP contribution in [0.15, 0.2) is 36.4 Å². The monoisotopic (exact) mass is 230 g/mol. The Bertz CT molecular complexity index is 540. The average molecular weight is 230 g/mol. The first-order valence-electron chi connectivity index (χ1n) is 5.36. The molecule has 0 spiro atoms. The largest absolute Gasteiger partial charge is 0.275 e. The summed E-state index contributed by atoms with van der Waals surface area (Å²) in [6.07, 6.45) is 0.245. The van der Waals surface area contributed by atoms with Crippen molar-refractivity contribution in [2.24, 2.45) is 0 Å². The Morgan fingerprint density at radius 3 is 2.82 bits per heavy atom. The van der Waals surface area contributed by atoms with E-state index < -0.39 is 0 Å². The highest BCUT2D eigenvalue weighted by molar-refractivity contribution is 5.81. The Kier molecular flexibility index (Phi) is 3.35. The van der Waals surface area contributed by atoms with Crippen molar-refractivity contribution < 1.29 is 9.63 Å². The number of carbonyl (C=O) groups is 1. The molecule has 0 atom stereocenters. The van der Waals surface area contributed by atoms with Gasteiger partial charge in [0.25, 0.3) is 5.91 Å². The standard InChI is InChI=1S/C13H14N2O2/c1-15(17-2)13(16)9-11-8-7-10-5-3-4-6-12(10)14-11/h3-8H,9H2,1-2H3. The van der Waals surface area contributed by atoms with Crippen LogP contribution in [-0.4, -0.2) is 30.1 Å². The molecular weight excluding hydrogens is 216 g/mol. The fraction of sp³-hybridized carbons (Fsp3) is 0.231. The highest BCUT2D eigenvalue weighted by atomic mass is 16.7. The van der Waals surface area contributed by atoms with Gasteiger partial charge in [-0.2, -0.15) is 0 Å². The number of amides is 1. The molecule has 0 bridgehead atoms. The highest BCUT2D eigenvalue weighted by Crippen LogP contribution is 2.12. The number of hydroxylamine groups is 2. The maximum Gasteiger partial charge on any atom is 0.251 e. The molecule has 0 N–H and O–H groups in total. The number of hydrogen-bond acceptors (Lipinski definition) is 3. The van der Waals surface area contributed by atoms with Gasteiger partial charge in [0.05, 0.1) is 24.7 Å². The topological polar surface area (TPSA) is 42.4 Å². The lowest BCUT2D eigenvalue weighted by Gasteiger charge is -2.13. The number of fused-ring (bicyclic) bond motifs is 1. The zero-order chi connectivity index (χ0) is 12.3. The molecule has 0 aliphatic carbocycles. The van der Waals surface area contributed by atoms with Crippen LogP contribution in [0.4, 0.5) is 0 Å². The van der Waals surface area contributed by atoms with Crippen molar-refractivity contribution in [3.8, 4) is 0 Å². The number of carbonyl (C=O) groups excluding carboxylic acids is 1. The van der Waals surface area contributed by atoms with E-state index >= 15 is 0 Å². The molecule has 0 unspecified atom stereocenters. The lowest BCUT2D eigenvalue weighted by atomic mass is 10.2. The van der Waals surface area contributed by atoms with Crippen LogP contribution in [-0.2, 0) is 16.1 Å². The van der Waals surface area contributed by atoms with Gasteiger partial charge in [-0.1, -0.05) is 24.3 Å². The van der Waals surface area contributed by atoms with Crippen LogP contribution < -0.4 is 0 Å². The summed E-state index contributed by atoms with van der Waals surface area (Å²) in [7, 11) is 3.05. The molecule has 4 nitrogen and oxygen atoms in total. The first-order chi connectivity index (χ1) is 8.20. The Balaban J connectivity index is 2.22. The zero-order valence-corrected chi connectivity index (χ0v) is 9.88. The van der Waals surface area contributed by atoms with Gasteiger partial charge >= 0.3 is 0 Å². The van der Waals surface area contributed by atoms with Gasteiger partial charge in [-0.05, 0) is 12.1 Å². The van der Waals surface area contributed by atoms with E-state index in [4.69, 9.17) is 4.84 Å². The molecule has 2 rings (SSSR count). The number of rotatable bonds is 3. The third-order valence-electron chi connectivity index (χ3n) is 2.61. The molecule has 4 heteroatoms. The van der Waals surface area contributed by atoms with Crippen LogP contribution in [0.25, 0.3) is 10.9 Å². The molecule has 1 aromatic heterocycles. The van der Waals surface area contributed by atoms with E-state index in [1.165, 1.54) is 12.2 Å². The second-order valence-corrected chi connectivity index (χ2v) is 3.75. The van der Waals surface area contributed by atoms with Gasteiger partial charge in [0.15, 0.2) is 0 Å². The minimum absolute atomic E-state index is 0.115. The summed E-state index contributed by atoms with van der Waals surface area (Å²) in [5.41, 5.74) is 1.65. The van der Waals surface area contributed by atoms with E-state index in [-0.39, 0.29) is 12.3 Å². The predicted octanol–water partition coefficient (Wildman–Crippen LogP) is 1.80. The molecule has 2 aromatic rings. The molecule has 0 fully saturated rings. The molecule has 0 radical (unpaired) electrons. The third-order valence-corrected chi connectivity index (χ3v) is 2.61. The van der Waals surface area contributed by atoms with Crippen molar-refractivity contribution in [2.75, 3.05) is 14.2 Å². The average Bonchev–Trinajstić information content (AvgIpc) is 2.37. The summed E-state index contributed by atoms with van der Waals surface area (Å²) in [5.74, 6) is -0.115. The van der Waals surface area contributed by atoms with E-state index in [2.05, 4.69) is 4.98 Å². The van der Waals surface area contributed by atoms with E-state index in [1.54, 1.807) is 7.05 Å². The van der Waals surface area contributed by atoms with Crippen LogP contribution in [0.1, 0.15) is 5.69 Å². The van der Waals surface area contributed by atoms with Gasteiger partial charge in [-0.3, -0.25) is 14.6 Å². The van der Waals surface area contributed by atoms with E-state index in [0.29, 0.717) is 0 Å². The molecule has 1 aromatic carbocycles. The molecule has 1 amide bonds. The molecule has 0 aliphatic heterocycles. The maximum atomic E-state index is 11.6. The van der Waals surface area contributed by atoms with E-state index in [9.17, 15) is 4.79 Å². The van der Waals surface area contributed by atoms with Crippen LogP contribution in [0.5, 0.6) is 0 Å². The third kappa shape index (κ3) is 2.60. The van der Waals surface area contributed by atoms with Gasteiger partial charge in [0.1, 0.15) is 0 Å². The highest BCUT2D eigenvalue weighted by Gasteiger charge is 2.10. The fourth-order valence-corrected chi connectivity index (χ4v) is 1.57. The van der Waals surface area contributed by atoms with Gasteiger partial charge < -0.3 is 0 Å². The quantitative estimate of drug-likeness (QED) is 0.755. The molecular formula is C13H14N2O2. The molecule has 17 heavy (non-hydrogen) atoms. The number of aromatic nitrogens is 1. The summed E-state index contributed by atoms with van der Waals surface area (Å²) in [6.45, 7) is 0. The second-order valence-electron chi connectivity index (χ2n) is 3.75. The van der Waals surface area contributed by atoms with Gasteiger partial charge in [0.2, 0.25) is 0 Å². The predicted molar refractivity (Wildman–Crippen MR) is 65.2 cm³/mol. The second kappa shape index (κ2) is 4.93. The van der Waals surface area contributed by atoms with Crippen molar-refractivity contribution in [3.05, 3.63) is 42.1 Å². The van der Waals surface area contributed by atoms with Crippen LogP contribution in [0.3, 0.4) is 0 Å². The molecule has 0 aliphatic rings. The Labute approximate surface area is 99.8 Å². The Morgan fingerprint density at radius 1 is 1.29 bits per heavy atom. The Morgan fingerprint density at radius 2 is 2.06 bits per heavy atom. The number of hydrogen-bond donors (Lipinski definition) is 0. The minimum atomic E-state index is -0.115. The molecule has 1 heterocycles. The molecule has 0 saturated carbocycles. The number of benzene rings is 1. The maximum absolute atomic E-state index is 11.6. The summed E-state index contributed by atoms with van der Waals surface area (Å²) >= 11 is 0. The van der Waals surface area contributed by atoms with E-state index in [0.717, 1.165) is 16.6 Å². The summed E-state index contributed by atoms with van der Waals surface area (Å²) in [6, 6.07) is 11.7. The van der Waals surface area contributed by atoms with Crippen LogP contribution in [0, 0.1) is 0 Å². The van der Waals surface area contributed by atoms with Crippen LogP contribution >= 0.6 is 0 Å². The van der Waals surface area contributed by atoms with E-state index in [1.807, 2.05) is 36.4 Å². The van der Waals surface area contributed by atoms with Crippen LogP contribution in [0.2, 0.25) is 0 Å². The van der Waals surface area contributed by atoms with Crippen molar-refractivity contribution in [2.45, 2.75) is 6.42 Å². The van der Waals surface area contributed by atoms with Crippen molar-refractivity contribution in [1.29, 1.82) is 0 Å². The normalized spacial score (nSPS) is 10.5. The lowest BCUT2D eigenvalue weighted by Crippen LogP contribution is -2.27. The first kappa shape index (κ1) is 11.5. The van der Waals surface area contributed by atoms with Gasteiger partial charge in [-0.15, -0.1) is 0 Å². The van der Waals surface area contributed by atoms with Gasteiger partial charge in [-0.25, -0.2) is 5.06 Å². The van der Waals surface area contributed by atoms with Crippen molar-refractivity contribution in [1.82, 2.24) is 10.0 Å². The van der Waals surface area contributed by atoms with Crippen molar-refractivity contribution >= 4 is 16.8 Å². The minimum Gasteiger partial charge on any atom is -0.275 e. The smallest absolute Gasteiger partial charge is 0.251 e. The SMILES string of the molecule is CON(C)C(=O)Cc1ccc2ccccc2n1. The molecule has 0 saturated heterocycles. The van der Waals surface area contributed by atoms with Gasteiger partial charge in [0, 0.05) is 12.4 Å². The lowest BCUT2D eigenvalue weighted by molar-refractivity contribution is -0.167. The number of likely N-dealkylation sites (N-methyl/N-ethyl adjacent to an activating group) is 1. The summed E-state index contributed by atoms with van der Waals surface area (Å²) < 4.78 is 0. The number of pyridine rings is 1.